The zero-order chi connectivity index (χ0) is 12.8. The van der Waals surface area contributed by atoms with E-state index in [4.69, 9.17) is 0 Å². The number of aliphatic imine (C=N–C) groups is 1. The van der Waals surface area contributed by atoms with E-state index in [-0.39, 0.29) is 24.0 Å². The van der Waals surface area contributed by atoms with Crippen LogP contribution in [0.2, 0.25) is 0 Å². The Hall–Kier alpha value is -0.790. The number of aromatic nitrogens is 2. The summed E-state index contributed by atoms with van der Waals surface area (Å²) in [5, 5.41) is 6.74. The molecule has 2 atom stereocenters. The number of hydrogen-bond donors (Lipinski definition) is 2. The van der Waals surface area contributed by atoms with Gasteiger partial charge < -0.3 is 15.2 Å². The first-order chi connectivity index (χ1) is 8.79. The molecule has 2 unspecified atom stereocenters. The number of aryl methyl sites for hydroxylation is 1. The van der Waals surface area contributed by atoms with Crippen LogP contribution >= 0.6 is 24.0 Å². The summed E-state index contributed by atoms with van der Waals surface area (Å²) in [4.78, 5) is 8.61. The average Bonchev–Trinajstić information content (AvgIpc) is 2.84. The molecule has 6 heteroatoms. The highest BCUT2D eigenvalue weighted by molar-refractivity contribution is 14.0. The van der Waals surface area contributed by atoms with Gasteiger partial charge in [0.1, 0.15) is 0 Å². The van der Waals surface area contributed by atoms with E-state index in [0.29, 0.717) is 6.04 Å². The predicted molar refractivity (Wildman–Crippen MR) is 88.9 cm³/mol. The fourth-order valence-electron chi connectivity index (χ4n) is 1.88. The summed E-state index contributed by atoms with van der Waals surface area (Å²) < 4.78 is 2.08. The number of rotatable bonds is 6. The number of guanidine groups is 1. The molecule has 0 amide bonds. The van der Waals surface area contributed by atoms with Crippen molar-refractivity contribution in [1.82, 2.24) is 20.2 Å². The molecule has 1 fully saturated rings. The van der Waals surface area contributed by atoms with Crippen LogP contribution in [0, 0.1) is 5.92 Å². The zero-order valence-electron chi connectivity index (χ0n) is 11.7. The molecule has 0 bridgehead atoms. The van der Waals surface area contributed by atoms with Crippen molar-refractivity contribution in [1.29, 1.82) is 0 Å². The van der Waals surface area contributed by atoms with E-state index >= 15 is 0 Å². The molecule has 0 aromatic carbocycles. The molecular weight excluding hydrogens is 353 g/mol. The molecule has 0 spiro atoms. The number of hydrogen-bond acceptors (Lipinski definition) is 2. The van der Waals surface area contributed by atoms with Crippen molar-refractivity contribution < 1.29 is 0 Å². The number of imidazole rings is 1. The lowest BCUT2D eigenvalue weighted by Crippen LogP contribution is -2.39. The van der Waals surface area contributed by atoms with Gasteiger partial charge in [0, 0.05) is 38.1 Å². The van der Waals surface area contributed by atoms with E-state index in [9.17, 15) is 0 Å². The third-order valence-corrected chi connectivity index (χ3v) is 3.18. The zero-order valence-corrected chi connectivity index (χ0v) is 14.0. The van der Waals surface area contributed by atoms with Crippen LogP contribution in [0.15, 0.2) is 23.7 Å². The summed E-state index contributed by atoms with van der Waals surface area (Å²) in [5.41, 5.74) is 0. The molecule has 1 aromatic heterocycles. The third kappa shape index (κ3) is 5.80. The molecule has 108 valence electrons. The molecule has 0 radical (unpaired) electrons. The first kappa shape index (κ1) is 16.3. The Labute approximate surface area is 132 Å². The lowest BCUT2D eigenvalue weighted by atomic mass is 10.4. The lowest BCUT2D eigenvalue weighted by Gasteiger charge is -2.10. The highest BCUT2D eigenvalue weighted by Crippen LogP contribution is 2.28. The van der Waals surface area contributed by atoms with Gasteiger partial charge in [-0.3, -0.25) is 4.99 Å². The Kier molecular flexibility index (Phi) is 7.19. The monoisotopic (exact) mass is 377 g/mol. The number of halogens is 1. The van der Waals surface area contributed by atoms with Crippen molar-refractivity contribution in [2.75, 3.05) is 13.1 Å². The number of nitrogens with zero attached hydrogens (tertiary/aromatic N) is 3. The summed E-state index contributed by atoms with van der Waals surface area (Å²) in [6, 6.07) is 0.622. The number of nitrogens with one attached hydrogen (secondary N) is 2. The van der Waals surface area contributed by atoms with Gasteiger partial charge in [-0.15, -0.1) is 24.0 Å². The molecule has 1 aliphatic rings. The molecule has 2 N–H and O–H groups in total. The minimum absolute atomic E-state index is 0. The Balaban J connectivity index is 0.00000180. The molecule has 1 saturated carbocycles. The maximum atomic E-state index is 4.59. The highest BCUT2D eigenvalue weighted by Gasteiger charge is 2.33. The van der Waals surface area contributed by atoms with E-state index in [1.807, 2.05) is 18.7 Å². The molecule has 1 aromatic rings. The summed E-state index contributed by atoms with van der Waals surface area (Å²) in [5.74, 6) is 1.75. The topological polar surface area (TPSA) is 54.2 Å². The van der Waals surface area contributed by atoms with Crippen LogP contribution < -0.4 is 10.6 Å². The predicted octanol–water partition coefficient (Wildman–Crippen LogP) is 1.85. The van der Waals surface area contributed by atoms with E-state index in [2.05, 4.69) is 39.0 Å². The molecule has 1 heterocycles. The van der Waals surface area contributed by atoms with E-state index in [1.165, 1.54) is 6.42 Å². The van der Waals surface area contributed by atoms with Crippen LogP contribution in [0.1, 0.15) is 26.7 Å². The Morgan fingerprint density at radius 2 is 2.32 bits per heavy atom. The third-order valence-electron chi connectivity index (χ3n) is 3.18. The van der Waals surface area contributed by atoms with Crippen molar-refractivity contribution >= 4 is 29.9 Å². The van der Waals surface area contributed by atoms with Crippen molar-refractivity contribution in [3.05, 3.63) is 18.7 Å². The van der Waals surface area contributed by atoms with Gasteiger partial charge in [0.25, 0.3) is 0 Å². The molecule has 1 aliphatic carbocycles. The summed E-state index contributed by atoms with van der Waals surface area (Å²) in [6.07, 6.45) is 7.94. The van der Waals surface area contributed by atoms with Gasteiger partial charge in [0.2, 0.25) is 0 Å². The standard InChI is InChI=1S/C13H23N5.HI/c1-3-15-13(17-12-9-11(12)2)16-5-4-7-18-8-6-14-10-18;/h6,8,10-12H,3-5,7,9H2,1-2H3,(H2,15,16,17);1H. The SMILES string of the molecule is CCNC(=NCCCn1ccnc1)NC1CC1C.I. The van der Waals surface area contributed by atoms with E-state index in [1.54, 1.807) is 0 Å². The van der Waals surface area contributed by atoms with Crippen LogP contribution in [0.3, 0.4) is 0 Å². The molecule has 19 heavy (non-hydrogen) atoms. The normalized spacial score (nSPS) is 21.7. The van der Waals surface area contributed by atoms with Crippen molar-refractivity contribution in [3.8, 4) is 0 Å². The first-order valence-electron chi connectivity index (χ1n) is 6.80. The van der Waals surface area contributed by atoms with Gasteiger partial charge in [-0.05, 0) is 25.7 Å². The molecule has 0 saturated heterocycles. The smallest absolute Gasteiger partial charge is 0.191 e. The second kappa shape index (κ2) is 8.39. The molecule has 5 nitrogen and oxygen atoms in total. The van der Waals surface area contributed by atoms with Gasteiger partial charge in [-0.2, -0.15) is 0 Å². The average molecular weight is 377 g/mol. The fraction of sp³-hybridized carbons (Fsp3) is 0.692. The van der Waals surface area contributed by atoms with Crippen LogP contribution in [-0.2, 0) is 6.54 Å². The maximum absolute atomic E-state index is 4.59. The second-order valence-corrected chi connectivity index (χ2v) is 4.88. The Bertz CT molecular complexity index is 376. The molecule has 2 rings (SSSR count). The fourth-order valence-corrected chi connectivity index (χ4v) is 1.88. The van der Waals surface area contributed by atoms with Gasteiger partial charge >= 0.3 is 0 Å². The van der Waals surface area contributed by atoms with Crippen LogP contribution in [0.5, 0.6) is 0 Å². The largest absolute Gasteiger partial charge is 0.357 e. The minimum atomic E-state index is 0. The maximum Gasteiger partial charge on any atom is 0.191 e. The van der Waals surface area contributed by atoms with Crippen molar-refractivity contribution in [2.45, 2.75) is 39.3 Å². The summed E-state index contributed by atoms with van der Waals surface area (Å²) in [6.45, 7) is 7.09. The molecule has 0 aliphatic heterocycles. The quantitative estimate of drug-likeness (QED) is 0.344. The van der Waals surface area contributed by atoms with Gasteiger partial charge in [0.15, 0.2) is 5.96 Å². The minimum Gasteiger partial charge on any atom is -0.357 e. The highest BCUT2D eigenvalue weighted by atomic mass is 127. The van der Waals surface area contributed by atoms with Crippen molar-refractivity contribution in [2.24, 2.45) is 10.9 Å². The van der Waals surface area contributed by atoms with Gasteiger partial charge in [-0.1, -0.05) is 6.92 Å². The summed E-state index contributed by atoms with van der Waals surface area (Å²) in [7, 11) is 0. The van der Waals surface area contributed by atoms with E-state index in [0.717, 1.165) is 37.9 Å². The Morgan fingerprint density at radius 1 is 1.53 bits per heavy atom. The molecular formula is C13H24IN5. The van der Waals surface area contributed by atoms with Crippen LogP contribution in [-0.4, -0.2) is 34.6 Å². The van der Waals surface area contributed by atoms with Crippen molar-refractivity contribution in [3.63, 3.8) is 0 Å². The van der Waals surface area contributed by atoms with Crippen LogP contribution in [0.25, 0.3) is 0 Å². The van der Waals surface area contributed by atoms with E-state index < -0.39 is 0 Å². The van der Waals surface area contributed by atoms with Gasteiger partial charge in [0.05, 0.1) is 6.33 Å². The Morgan fingerprint density at radius 3 is 2.89 bits per heavy atom. The summed E-state index contributed by atoms with van der Waals surface area (Å²) >= 11 is 0. The second-order valence-electron chi connectivity index (χ2n) is 4.88. The first-order valence-corrected chi connectivity index (χ1v) is 6.80. The van der Waals surface area contributed by atoms with Gasteiger partial charge in [-0.25, -0.2) is 4.98 Å². The van der Waals surface area contributed by atoms with Crippen LogP contribution in [0.4, 0.5) is 0 Å². The lowest BCUT2D eigenvalue weighted by molar-refractivity contribution is 0.646.